The van der Waals surface area contributed by atoms with Crippen molar-refractivity contribution >= 4 is 15.7 Å². The van der Waals surface area contributed by atoms with E-state index in [0.29, 0.717) is 0 Å². The number of nitrogens with one attached hydrogen (secondary N) is 1. The third kappa shape index (κ3) is 3.11. The number of amides is 1. The molecule has 1 rings (SSSR count). The van der Waals surface area contributed by atoms with Gasteiger partial charge in [-0.25, -0.2) is 8.42 Å². The molecule has 0 radical (unpaired) electrons. The van der Waals surface area contributed by atoms with Crippen molar-refractivity contribution in [2.24, 2.45) is 0 Å². The lowest BCUT2D eigenvalue weighted by Gasteiger charge is -2.13. The molecular weight excluding hydrogens is 295 g/mol. The van der Waals surface area contributed by atoms with Crippen LogP contribution in [-0.2, 0) is 9.84 Å². The van der Waals surface area contributed by atoms with Crippen LogP contribution in [0, 0.1) is 12.3 Å². The zero-order chi connectivity index (χ0) is 15.6. The zero-order valence-corrected chi connectivity index (χ0v) is 11.0. The number of carbonyl (C=O) groups is 1. The second-order valence-corrected chi connectivity index (χ2v) is 5.72. The molecular formula is C12H10F3NO3S. The van der Waals surface area contributed by atoms with Gasteiger partial charge in [-0.05, 0) is 19.1 Å². The maximum Gasteiger partial charge on any atom is 0.501 e. The Morgan fingerprint density at radius 3 is 2.40 bits per heavy atom. The Bertz CT molecular complexity index is 659. The summed E-state index contributed by atoms with van der Waals surface area (Å²) in [5.74, 6) is 1.16. The molecule has 8 heteroatoms. The highest BCUT2D eigenvalue weighted by atomic mass is 32.2. The number of benzene rings is 1. The third-order valence-electron chi connectivity index (χ3n) is 2.32. The van der Waals surface area contributed by atoms with E-state index in [2.05, 4.69) is 11.2 Å². The number of halogens is 3. The highest BCUT2D eigenvalue weighted by molar-refractivity contribution is 7.92. The fourth-order valence-electron chi connectivity index (χ4n) is 1.33. The molecule has 1 N–H and O–H groups in total. The van der Waals surface area contributed by atoms with Crippen LogP contribution < -0.4 is 5.32 Å². The quantitative estimate of drug-likeness (QED) is 0.865. The first-order valence-electron chi connectivity index (χ1n) is 5.28. The molecule has 0 aliphatic carbocycles. The number of terminal acetylenes is 1. The molecule has 0 spiro atoms. The van der Waals surface area contributed by atoms with Crippen molar-refractivity contribution in [1.82, 2.24) is 5.32 Å². The van der Waals surface area contributed by atoms with Gasteiger partial charge >= 0.3 is 5.51 Å². The van der Waals surface area contributed by atoms with E-state index in [1.807, 2.05) is 0 Å². The molecule has 1 atom stereocenters. The van der Waals surface area contributed by atoms with Crippen molar-refractivity contribution in [3.8, 4) is 12.3 Å². The van der Waals surface area contributed by atoms with Crippen LogP contribution in [0.5, 0.6) is 0 Å². The second-order valence-electron chi connectivity index (χ2n) is 3.81. The summed E-state index contributed by atoms with van der Waals surface area (Å²) in [5, 5.41) is 2.20. The van der Waals surface area contributed by atoms with E-state index in [-0.39, 0.29) is 0 Å². The fraction of sp³-hybridized carbons (Fsp3) is 0.250. The minimum Gasteiger partial charge on any atom is -0.339 e. The van der Waals surface area contributed by atoms with Gasteiger partial charge in [0.1, 0.15) is 0 Å². The van der Waals surface area contributed by atoms with Crippen LogP contribution in [0.15, 0.2) is 29.2 Å². The lowest BCUT2D eigenvalue weighted by Crippen LogP contribution is -2.33. The minimum absolute atomic E-state index is 0.605. The van der Waals surface area contributed by atoms with Gasteiger partial charge in [0.05, 0.1) is 16.5 Å². The minimum atomic E-state index is -5.61. The van der Waals surface area contributed by atoms with E-state index in [9.17, 15) is 26.4 Å². The van der Waals surface area contributed by atoms with Gasteiger partial charge in [0, 0.05) is 0 Å². The van der Waals surface area contributed by atoms with Crippen molar-refractivity contribution in [2.75, 3.05) is 0 Å². The average molecular weight is 305 g/mol. The Morgan fingerprint density at radius 1 is 1.35 bits per heavy atom. The molecule has 0 saturated heterocycles. The van der Waals surface area contributed by atoms with Crippen LogP contribution >= 0.6 is 0 Å². The van der Waals surface area contributed by atoms with Crippen LogP contribution in [0.3, 0.4) is 0 Å². The van der Waals surface area contributed by atoms with Gasteiger partial charge < -0.3 is 5.32 Å². The highest BCUT2D eigenvalue weighted by Crippen LogP contribution is 2.32. The normalized spacial score (nSPS) is 13.3. The van der Waals surface area contributed by atoms with Crippen molar-refractivity contribution in [2.45, 2.75) is 23.4 Å². The average Bonchev–Trinajstić information content (AvgIpc) is 2.37. The van der Waals surface area contributed by atoms with Gasteiger partial charge in [-0.15, -0.1) is 6.42 Å². The van der Waals surface area contributed by atoms with E-state index >= 15 is 0 Å². The molecule has 1 aromatic carbocycles. The van der Waals surface area contributed by atoms with Gasteiger partial charge in [-0.3, -0.25) is 4.79 Å². The molecule has 4 nitrogen and oxygen atoms in total. The molecule has 0 heterocycles. The maximum absolute atomic E-state index is 12.5. The monoisotopic (exact) mass is 305 g/mol. The summed E-state index contributed by atoms with van der Waals surface area (Å²) < 4.78 is 60.4. The first-order valence-corrected chi connectivity index (χ1v) is 6.77. The maximum atomic E-state index is 12.5. The Labute approximate surface area is 113 Å². The van der Waals surface area contributed by atoms with Gasteiger partial charge in [-0.1, -0.05) is 18.1 Å². The summed E-state index contributed by atoms with van der Waals surface area (Å²) in [5.41, 5.74) is -6.09. The molecule has 0 aliphatic heterocycles. The first-order chi connectivity index (χ1) is 9.11. The fourth-order valence-corrected chi connectivity index (χ4v) is 2.29. The molecule has 0 aromatic heterocycles. The first kappa shape index (κ1) is 16.0. The van der Waals surface area contributed by atoms with Crippen molar-refractivity contribution in [3.63, 3.8) is 0 Å². The standard InChI is InChI=1S/C12H10F3NO3S/c1-3-8(2)16-11(17)9-6-4-5-7-10(9)20(18,19)12(13,14)15/h1,4-8H,2H3,(H,16,17). The number of rotatable bonds is 3. The molecule has 20 heavy (non-hydrogen) atoms. The number of sulfone groups is 1. The number of alkyl halides is 3. The van der Waals surface area contributed by atoms with Crippen molar-refractivity contribution in [1.29, 1.82) is 0 Å². The van der Waals surface area contributed by atoms with Crippen LogP contribution in [0.2, 0.25) is 0 Å². The lowest BCUT2D eigenvalue weighted by atomic mass is 10.2. The van der Waals surface area contributed by atoms with E-state index < -0.39 is 37.8 Å². The summed E-state index contributed by atoms with van der Waals surface area (Å²) in [6.07, 6.45) is 5.03. The second kappa shape index (κ2) is 5.54. The Hall–Kier alpha value is -2.01. The van der Waals surface area contributed by atoms with Crippen LogP contribution in [-0.4, -0.2) is 25.9 Å². The molecule has 1 amide bonds. The topological polar surface area (TPSA) is 63.2 Å². The Balaban J connectivity index is 3.34. The van der Waals surface area contributed by atoms with Gasteiger partial charge in [0.25, 0.3) is 15.7 Å². The largest absolute Gasteiger partial charge is 0.501 e. The molecule has 1 unspecified atom stereocenters. The predicted molar refractivity (Wildman–Crippen MR) is 65.4 cm³/mol. The van der Waals surface area contributed by atoms with Crippen LogP contribution in [0.25, 0.3) is 0 Å². The summed E-state index contributed by atoms with van der Waals surface area (Å²) in [6.45, 7) is 1.43. The molecule has 108 valence electrons. The summed E-state index contributed by atoms with van der Waals surface area (Å²) in [6, 6.07) is 3.31. The summed E-state index contributed by atoms with van der Waals surface area (Å²) in [7, 11) is -5.61. The summed E-state index contributed by atoms with van der Waals surface area (Å²) >= 11 is 0. The Kier molecular flexibility index (Phi) is 4.45. The SMILES string of the molecule is C#CC(C)NC(=O)c1ccccc1S(=O)(=O)C(F)(F)F. The molecule has 0 bridgehead atoms. The van der Waals surface area contributed by atoms with E-state index in [1.54, 1.807) is 0 Å². The lowest BCUT2D eigenvalue weighted by molar-refractivity contribution is -0.0436. The Morgan fingerprint density at radius 2 is 1.90 bits per heavy atom. The van der Waals surface area contributed by atoms with E-state index in [0.717, 1.165) is 18.2 Å². The van der Waals surface area contributed by atoms with Crippen molar-refractivity contribution < 1.29 is 26.4 Å². The van der Waals surface area contributed by atoms with Crippen molar-refractivity contribution in [3.05, 3.63) is 29.8 Å². The van der Waals surface area contributed by atoms with Gasteiger partial charge in [-0.2, -0.15) is 13.2 Å². The predicted octanol–water partition coefficient (Wildman–Crippen LogP) is 1.73. The zero-order valence-electron chi connectivity index (χ0n) is 10.2. The van der Waals surface area contributed by atoms with E-state index in [4.69, 9.17) is 6.42 Å². The molecule has 0 aliphatic rings. The van der Waals surface area contributed by atoms with Crippen LogP contribution in [0.1, 0.15) is 17.3 Å². The van der Waals surface area contributed by atoms with Gasteiger partial charge in [0.2, 0.25) is 0 Å². The number of hydrogen-bond donors (Lipinski definition) is 1. The molecule has 1 aromatic rings. The third-order valence-corrected chi connectivity index (χ3v) is 3.87. The van der Waals surface area contributed by atoms with E-state index in [1.165, 1.54) is 13.0 Å². The highest BCUT2D eigenvalue weighted by Gasteiger charge is 2.48. The molecule has 0 saturated carbocycles. The van der Waals surface area contributed by atoms with Gasteiger partial charge in [0.15, 0.2) is 0 Å². The molecule has 0 fully saturated rings. The van der Waals surface area contributed by atoms with Crippen LogP contribution in [0.4, 0.5) is 13.2 Å². The summed E-state index contributed by atoms with van der Waals surface area (Å²) in [4.78, 5) is 10.7. The number of hydrogen-bond acceptors (Lipinski definition) is 3. The number of carbonyl (C=O) groups excluding carboxylic acids is 1. The smallest absolute Gasteiger partial charge is 0.339 e.